The molecule has 1 unspecified atom stereocenters. The highest BCUT2D eigenvalue weighted by Gasteiger charge is 2.19. The Morgan fingerprint density at radius 2 is 2.21 bits per heavy atom. The first-order valence-electron chi connectivity index (χ1n) is 4.17. The Morgan fingerprint density at radius 3 is 2.86 bits per heavy atom. The highest BCUT2D eigenvalue weighted by molar-refractivity contribution is 6.21. The number of hydrogen-bond donors (Lipinski definition) is 0. The standard InChI is InChI=1S/C10H7ClFNO/c1-5(11)6-3-2-4-7-8(6)9(12)10(14)13-7/h2-5H,1H3. The Bertz CT molecular complexity index is 521. The van der Waals surface area contributed by atoms with Crippen LogP contribution in [0.1, 0.15) is 17.9 Å². The van der Waals surface area contributed by atoms with Crippen molar-refractivity contribution in [3.63, 3.8) is 0 Å². The number of benzene rings is 1. The van der Waals surface area contributed by atoms with Crippen LogP contribution >= 0.6 is 11.6 Å². The van der Waals surface area contributed by atoms with Crippen molar-refractivity contribution in [1.29, 1.82) is 0 Å². The summed E-state index contributed by atoms with van der Waals surface area (Å²) in [5.74, 6) is -1.62. The molecule has 1 amide bonds. The van der Waals surface area contributed by atoms with E-state index in [0.717, 1.165) is 0 Å². The van der Waals surface area contributed by atoms with E-state index in [9.17, 15) is 9.18 Å². The summed E-state index contributed by atoms with van der Waals surface area (Å²) < 4.78 is 13.3. The van der Waals surface area contributed by atoms with Gasteiger partial charge in [-0.2, -0.15) is 0 Å². The molecule has 1 atom stereocenters. The van der Waals surface area contributed by atoms with Crippen molar-refractivity contribution in [3.8, 4) is 0 Å². The topological polar surface area (TPSA) is 29.4 Å². The van der Waals surface area contributed by atoms with E-state index in [1.807, 2.05) is 0 Å². The quantitative estimate of drug-likeness (QED) is 0.643. The summed E-state index contributed by atoms with van der Waals surface area (Å²) in [5.41, 5.74) is 0.608. The zero-order valence-corrected chi connectivity index (χ0v) is 8.18. The third-order valence-electron chi connectivity index (χ3n) is 2.13. The van der Waals surface area contributed by atoms with E-state index >= 15 is 0 Å². The van der Waals surface area contributed by atoms with Crippen molar-refractivity contribution < 1.29 is 9.18 Å². The third kappa shape index (κ3) is 1.24. The molecule has 0 aliphatic carbocycles. The van der Waals surface area contributed by atoms with Crippen LogP contribution in [0.2, 0.25) is 0 Å². The van der Waals surface area contributed by atoms with Crippen molar-refractivity contribution in [1.82, 2.24) is 0 Å². The highest BCUT2D eigenvalue weighted by Crippen LogP contribution is 2.16. The number of carbonyl (C=O) groups is 1. The van der Waals surface area contributed by atoms with E-state index in [0.29, 0.717) is 10.9 Å². The van der Waals surface area contributed by atoms with Crippen LogP contribution in [0, 0.1) is 0 Å². The molecule has 0 radical (unpaired) electrons. The van der Waals surface area contributed by atoms with E-state index in [1.54, 1.807) is 25.1 Å². The third-order valence-corrected chi connectivity index (χ3v) is 2.37. The van der Waals surface area contributed by atoms with Gasteiger partial charge in [0.05, 0.1) is 10.7 Å². The van der Waals surface area contributed by atoms with E-state index in [4.69, 9.17) is 11.6 Å². The number of hydrogen-bond acceptors (Lipinski definition) is 1. The summed E-state index contributed by atoms with van der Waals surface area (Å²) in [6.45, 7) is 1.73. The fraction of sp³-hybridized carbons (Fsp3) is 0.200. The molecule has 2 nitrogen and oxygen atoms in total. The first-order valence-corrected chi connectivity index (χ1v) is 4.61. The molecule has 0 aromatic heterocycles. The second kappa shape index (κ2) is 3.17. The summed E-state index contributed by atoms with van der Waals surface area (Å²) in [6.07, 6.45) is 0. The van der Waals surface area contributed by atoms with Crippen LogP contribution in [0.3, 0.4) is 0 Å². The summed E-state index contributed by atoms with van der Waals surface area (Å²) in [7, 11) is 0. The molecule has 0 fully saturated rings. The Balaban J connectivity index is 2.90. The average Bonchev–Trinajstić information content (AvgIpc) is 2.43. The number of nitrogens with zero attached hydrogens (tertiary/aromatic N) is 1. The van der Waals surface area contributed by atoms with E-state index in [1.165, 1.54) is 0 Å². The number of alkyl halides is 1. The molecule has 0 N–H and O–H groups in total. The second-order valence-electron chi connectivity index (χ2n) is 3.09. The molecule has 0 bridgehead atoms. The Kier molecular flexibility index (Phi) is 2.11. The fourth-order valence-corrected chi connectivity index (χ4v) is 1.67. The Labute approximate surface area is 84.7 Å². The van der Waals surface area contributed by atoms with Gasteiger partial charge in [-0.1, -0.05) is 12.1 Å². The van der Waals surface area contributed by atoms with Crippen molar-refractivity contribution in [2.75, 3.05) is 0 Å². The van der Waals surface area contributed by atoms with Gasteiger partial charge < -0.3 is 0 Å². The van der Waals surface area contributed by atoms with Crippen LogP contribution in [0.4, 0.5) is 4.39 Å². The van der Waals surface area contributed by atoms with Crippen LogP contribution in [0.25, 0.3) is 5.83 Å². The molecule has 1 aromatic carbocycles. The number of carbonyl (C=O) groups excluding carboxylic acids is 1. The molecule has 0 saturated heterocycles. The molecule has 0 saturated carbocycles. The number of halogens is 2. The van der Waals surface area contributed by atoms with Crippen LogP contribution in [0.5, 0.6) is 0 Å². The van der Waals surface area contributed by atoms with Gasteiger partial charge >= 0.3 is 5.91 Å². The zero-order valence-electron chi connectivity index (χ0n) is 7.42. The van der Waals surface area contributed by atoms with Gasteiger partial charge in [0.25, 0.3) is 0 Å². The molecule has 0 spiro atoms. The second-order valence-corrected chi connectivity index (χ2v) is 3.74. The predicted molar refractivity (Wildman–Crippen MR) is 51.0 cm³/mol. The monoisotopic (exact) mass is 211 g/mol. The van der Waals surface area contributed by atoms with Gasteiger partial charge in [-0.15, -0.1) is 11.6 Å². The zero-order chi connectivity index (χ0) is 10.3. The lowest BCUT2D eigenvalue weighted by Gasteiger charge is -2.02. The molecule has 72 valence electrons. The number of amides is 1. The normalized spacial score (nSPS) is 16.5. The first kappa shape index (κ1) is 9.34. The molecule has 2 rings (SSSR count). The molecular formula is C10H7ClFNO. The minimum absolute atomic E-state index is 0.250. The summed E-state index contributed by atoms with van der Waals surface area (Å²) in [6, 6.07) is 5.01. The first-order chi connectivity index (χ1) is 6.61. The molecule has 4 heteroatoms. The summed E-state index contributed by atoms with van der Waals surface area (Å²) in [5, 5.41) is 0.286. The Hall–Kier alpha value is -1.22. The van der Waals surface area contributed by atoms with Crippen molar-refractivity contribution in [2.45, 2.75) is 12.3 Å². The van der Waals surface area contributed by atoms with Crippen molar-refractivity contribution in [3.05, 3.63) is 34.3 Å². The average molecular weight is 212 g/mol. The van der Waals surface area contributed by atoms with Gasteiger partial charge in [0.2, 0.25) is 0 Å². The van der Waals surface area contributed by atoms with Crippen LogP contribution in [-0.2, 0) is 4.79 Å². The van der Waals surface area contributed by atoms with Crippen LogP contribution in [0.15, 0.2) is 23.2 Å². The SMILES string of the molecule is CC(Cl)c1cccc2c1=C(F)C(=O)N=2. The maximum absolute atomic E-state index is 13.3. The van der Waals surface area contributed by atoms with Gasteiger partial charge in [-0.25, -0.2) is 9.38 Å². The maximum atomic E-state index is 13.3. The van der Waals surface area contributed by atoms with Gasteiger partial charge in [0.1, 0.15) is 0 Å². The van der Waals surface area contributed by atoms with E-state index in [-0.39, 0.29) is 10.6 Å². The molecule has 1 heterocycles. The number of fused-ring (bicyclic) bond motifs is 1. The maximum Gasteiger partial charge on any atom is 0.306 e. The van der Waals surface area contributed by atoms with Crippen molar-refractivity contribution in [2.24, 2.45) is 4.99 Å². The minimum atomic E-state index is -0.815. The van der Waals surface area contributed by atoms with Crippen LogP contribution in [-0.4, -0.2) is 5.91 Å². The number of rotatable bonds is 1. The Morgan fingerprint density at radius 1 is 1.50 bits per heavy atom. The summed E-state index contributed by atoms with van der Waals surface area (Å²) in [4.78, 5) is 14.6. The van der Waals surface area contributed by atoms with E-state index < -0.39 is 11.7 Å². The largest absolute Gasteiger partial charge is 0.306 e. The lowest BCUT2D eigenvalue weighted by Crippen LogP contribution is -2.27. The molecule has 1 aromatic rings. The van der Waals surface area contributed by atoms with Crippen molar-refractivity contribution >= 4 is 23.3 Å². The van der Waals surface area contributed by atoms with Gasteiger partial charge in [0.15, 0.2) is 5.83 Å². The van der Waals surface area contributed by atoms with Gasteiger partial charge in [-0.3, -0.25) is 4.79 Å². The highest BCUT2D eigenvalue weighted by atomic mass is 35.5. The van der Waals surface area contributed by atoms with E-state index in [2.05, 4.69) is 4.99 Å². The lowest BCUT2D eigenvalue weighted by atomic mass is 10.1. The molecular weight excluding hydrogens is 205 g/mol. The molecule has 14 heavy (non-hydrogen) atoms. The predicted octanol–water partition coefficient (Wildman–Crippen LogP) is 1.22. The van der Waals surface area contributed by atoms with Gasteiger partial charge in [0, 0.05) is 5.22 Å². The smallest absolute Gasteiger partial charge is 0.264 e. The van der Waals surface area contributed by atoms with Gasteiger partial charge in [-0.05, 0) is 18.6 Å². The molecule has 1 aliphatic rings. The minimum Gasteiger partial charge on any atom is -0.264 e. The summed E-state index contributed by atoms with van der Waals surface area (Å²) >= 11 is 5.87. The fourth-order valence-electron chi connectivity index (χ4n) is 1.49. The lowest BCUT2D eigenvalue weighted by molar-refractivity contribution is -0.113. The molecule has 1 aliphatic heterocycles. The van der Waals surface area contributed by atoms with Crippen LogP contribution < -0.4 is 10.6 Å².